The van der Waals surface area contributed by atoms with Gasteiger partial charge in [0.25, 0.3) is 5.91 Å². The van der Waals surface area contributed by atoms with Gasteiger partial charge in [0.05, 0.1) is 11.4 Å². The SMILES string of the molecule is CC1(C)CC(=O)CN1C(=O)c1cc(Br)cs1. The minimum atomic E-state index is -0.357. The fourth-order valence-corrected chi connectivity index (χ4v) is 3.30. The van der Waals surface area contributed by atoms with Crippen molar-refractivity contribution < 1.29 is 9.59 Å². The zero-order chi connectivity index (χ0) is 11.9. The second kappa shape index (κ2) is 3.96. The molecule has 86 valence electrons. The van der Waals surface area contributed by atoms with Crippen molar-refractivity contribution in [3.05, 3.63) is 20.8 Å². The van der Waals surface area contributed by atoms with Crippen LogP contribution in [0.5, 0.6) is 0 Å². The van der Waals surface area contributed by atoms with Crippen LogP contribution in [0.1, 0.15) is 29.9 Å². The van der Waals surface area contributed by atoms with Gasteiger partial charge in [-0.3, -0.25) is 9.59 Å². The molecule has 0 atom stereocenters. The molecule has 0 aliphatic carbocycles. The first-order chi connectivity index (χ1) is 7.40. The van der Waals surface area contributed by atoms with E-state index in [-0.39, 0.29) is 23.8 Å². The zero-order valence-corrected chi connectivity index (χ0v) is 11.5. The van der Waals surface area contributed by atoms with E-state index < -0.39 is 0 Å². The number of hydrogen-bond donors (Lipinski definition) is 0. The normalized spacial score (nSPS) is 19.2. The van der Waals surface area contributed by atoms with Crippen LogP contribution in [-0.2, 0) is 4.79 Å². The summed E-state index contributed by atoms with van der Waals surface area (Å²) in [6, 6.07) is 1.80. The van der Waals surface area contributed by atoms with Crippen molar-refractivity contribution in [3.8, 4) is 0 Å². The van der Waals surface area contributed by atoms with E-state index in [9.17, 15) is 9.59 Å². The lowest BCUT2D eigenvalue weighted by Gasteiger charge is -2.30. The lowest BCUT2D eigenvalue weighted by molar-refractivity contribution is -0.116. The highest BCUT2D eigenvalue weighted by Crippen LogP contribution is 2.30. The third kappa shape index (κ3) is 2.06. The molecule has 0 aromatic carbocycles. The highest BCUT2D eigenvalue weighted by molar-refractivity contribution is 9.10. The first kappa shape index (κ1) is 11.8. The largest absolute Gasteiger partial charge is 0.325 e. The highest BCUT2D eigenvalue weighted by Gasteiger charge is 2.40. The summed E-state index contributed by atoms with van der Waals surface area (Å²) in [6.07, 6.45) is 0.450. The Kier molecular flexibility index (Phi) is 2.92. The number of hydrogen-bond acceptors (Lipinski definition) is 3. The van der Waals surface area contributed by atoms with E-state index in [4.69, 9.17) is 0 Å². The molecule has 5 heteroatoms. The molecule has 0 saturated carbocycles. The number of thiophene rings is 1. The maximum atomic E-state index is 12.2. The van der Waals surface area contributed by atoms with Gasteiger partial charge in [0.1, 0.15) is 0 Å². The summed E-state index contributed by atoms with van der Waals surface area (Å²) in [5.41, 5.74) is -0.357. The summed E-state index contributed by atoms with van der Waals surface area (Å²) in [6.45, 7) is 4.10. The predicted molar refractivity (Wildman–Crippen MR) is 66.8 cm³/mol. The molecule has 0 unspecified atom stereocenters. The van der Waals surface area contributed by atoms with Crippen LogP contribution in [0, 0.1) is 0 Å². The third-order valence-electron chi connectivity index (χ3n) is 2.72. The van der Waals surface area contributed by atoms with E-state index in [1.165, 1.54) is 11.3 Å². The van der Waals surface area contributed by atoms with Crippen molar-refractivity contribution >= 4 is 39.0 Å². The van der Waals surface area contributed by atoms with Gasteiger partial charge in [-0.15, -0.1) is 11.3 Å². The minimum absolute atomic E-state index is 0.0495. The number of carbonyl (C=O) groups excluding carboxylic acids is 2. The Morgan fingerprint density at radius 3 is 2.69 bits per heavy atom. The first-order valence-corrected chi connectivity index (χ1v) is 6.65. The summed E-state index contributed by atoms with van der Waals surface area (Å²) in [7, 11) is 0. The van der Waals surface area contributed by atoms with Gasteiger partial charge in [0.15, 0.2) is 5.78 Å². The maximum Gasteiger partial charge on any atom is 0.264 e. The Morgan fingerprint density at radius 1 is 1.56 bits per heavy atom. The van der Waals surface area contributed by atoms with Crippen LogP contribution < -0.4 is 0 Å². The summed E-state index contributed by atoms with van der Waals surface area (Å²) in [4.78, 5) is 25.9. The van der Waals surface area contributed by atoms with Crippen molar-refractivity contribution in [1.29, 1.82) is 0 Å². The second-order valence-corrected chi connectivity index (χ2v) is 6.38. The molecule has 0 radical (unpaired) electrons. The van der Waals surface area contributed by atoms with Crippen LogP contribution in [0.4, 0.5) is 0 Å². The van der Waals surface area contributed by atoms with Gasteiger partial charge in [-0.25, -0.2) is 0 Å². The Balaban J connectivity index is 2.26. The van der Waals surface area contributed by atoms with E-state index in [1.54, 1.807) is 11.0 Å². The van der Waals surface area contributed by atoms with Crippen LogP contribution in [0.2, 0.25) is 0 Å². The molecule has 2 heterocycles. The molecule has 1 saturated heterocycles. The van der Waals surface area contributed by atoms with Crippen LogP contribution in [0.25, 0.3) is 0 Å². The van der Waals surface area contributed by atoms with E-state index >= 15 is 0 Å². The van der Waals surface area contributed by atoms with Crippen molar-refractivity contribution in [3.63, 3.8) is 0 Å². The average Bonchev–Trinajstić information content (AvgIpc) is 2.69. The molecule has 0 bridgehead atoms. The van der Waals surface area contributed by atoms with Crippen LogP contribution in [0.15, 0.2) is 15.9 Å². The molecule has 3 nitrogen and oxygen atoms in total. The molecular formula is C11H12BrNO2S. The molecule has 1 aromatic rings. The number of halogens is 1. The van der Waals surface area contributed by atoms with Crippen molar-refractivity contribution in [1.82, 2.24) is 4.90 Å². The van der Waals surface area contributed by atoms with Gasteiger partial charge >= 0.3 is 0 Å². The molecule has 1 aliphatic rings. The fraction of sp³-hybridized carbons (Fsp3) is 0.455. The Labute approximate surface area is 107 Å². The van der Waals surface area contributed by atoms with E-state index in [2.05, 4.69) is 15.9 Å². The number of ketones is 1. The monoisotopic (exact) mass is 301 g/mol. The van der Waals surface area contributed by atoms with E-state index in [1.807, 2.05) is 19.2 Å². The zero-order valence-electron chi connectivity index (χ0n) is 9.12. The molecule has 1 aromatic heterocycles. The average molecular weight is 302 g/mol. The number of rotatable bonds is 1. The molecular weight excluding hydrogens is 290 g/mol. The first-order valence-electron chi connectivity index (χ1n) is 4.98. The molecule has 1 amide bonds. The summed E-state index contributed by atoms with van der Waals surface area (Å²) >= 11 is 4.72. The maximum absolute atomic E-state index is 12.2. The number of carbonyl (C=O) groups is 2. The van der Waals surface area contributed by atoms with E-state index in [0.717, 1.165) is 4.47 Å². The Bertz CT molecular complexity index is 453. The van der Waals surface area contributed by atoms with Gasteiger partial charge in [0, 0.05) is 21.8 Å². The van der Waals surface area contributed by atoms with Gasteiger partial charge in [-0.2, -0.15) is 0 Å². The Morgan fingerprint density at radius 2 is 2.25 bits per heavy atom. The number of amides is 1. The highest BCUT2D eigenvalue weighted by atomic mass is 79.9. The summed E-state index contributed by atoms with van der Waals surface area (Å²) in [5.74, 6) is 0.0838. The molecule has 0 N–H and O–H groups in total. The molecule has 0 spiro atoms. The predicted octanol–water partition coefficient (Wildman–Crippen LogP) is 2.70. The Hall–Kier alpha value is -0.680. The molecule has 2 rings (SSSR count). The number of nitrogens with zero attached hydrogens (tertiary/aromatic N) is 1. The third-order valence-corrected chi connectivity index (χ3v) is 4.40. The molecule has 1 fully saturated rings. The van der Waals surface area contributed by atoms with Gasteiger partial charge in [-0.1, -0.05) is 0 Å². The standard InChI is InChI=1S/C11H12BrNO2S/c1-11(2)4-8(14)5-13(11)10(15)9-3-7(12)6-16-9/h3,6H,4-5H2,1-2H3. The number of likely N-dealkylation sites (tertiary alicyclic amines) is 1. The van der Waals surface area contributed by atoms with Gasteiger partial charge in [0.2, 0.25) is 0 Å². The lowest BCUT2D eigenvalue weighted by atomic mass is 10.0. The summed E-state index contributed by atoms with van der Waals surface area (Å²) < 4.78 is 0.907. The van der Waals surface area contributed by atoms with Gasteiger partial charge in [-0.05, 0) is 35.8 Å². The van der Waals surface area contributed by atoms with Crippen molar-refractivity contribution in [2.24, 2.45) is 0 Å². The van der Waals surface area contributed by atoms with Crippen molar-refractivity contribution in [2.75, 3.05) is 6.54 Å². The van der Waals surface area contributed by atoms with E-state index in [0.29, 0.717) is 11.3 Å². The smallest absolute Gasteiger partial charge is 0.264 e. The minimum Gasteiger partial charge on any atom is -0.325 e. The topological polar surface area (TPSA) is 37.4 Å². The van der Waals surface area contributed by atoms with Crippen LogP contribution in [-0.4, -0.2) is 28.7 Å². The fourth-order valence-electron chi connectivity index (χ4n) is 1.93. The number of Topliss-reactive ketones (excluding diaryl/α,β-unsaturated/α-hetero) is 1. The molecule has 1 aliphatic heterocycles. The van der Waals surface area contributed by atoms with Gasteiger partial charge < -0.3 is 4.90 Å². The van der Waals surface area contributed by atoms with Crippen LogP contribution >= 0.6 is 27.3 Å². The lowest BCUT2D eigenvalue weighted by Crippen LogP contribution is -2.42. The summed E-state index contributed by atoms with van der Waals surface area (Å²) in [5, 5.41) is 1.87. The second-order valence-electron chi connectivity index (χ2n) is 4.55. The molecule has 16 heavy (non-hydrogen) atoms. The van der Waals surface area contributed by atoms with Crippen molar-refractivity contribution in [2.45, 2.75) is 25.8 Å². The van der Waals surface area contributed by atoms with Crippen LogP contribution in [0.3, 0.4) is 0 Å². The quantitative estimate of drug-likeness (QED) is 0.800.